The van der Waals surface area contributed by atoms with E-state index in [-0.39, 0.29) is 16.4 Å². The Balaban J connectivity index is 3.37. The van der Waals surface area contributed by atoms with E-state index in [1.807, 2.05) is 20.8 Å². The van der Waals surface area contributed by atoms with Crippen molar-refractivity contribution in [2.75, 3.05) is 6.54 Å². The molecule has 0 bridgehead atoms. The highest BCUT2D eigenvalue weighted by atomic mass is 32.2. The van der Waals surface area contributed by atoms with Gasteiger partial charge in [0.25, 0.3) is 5.91 Å². The summed E-state index contributed by atoms with van der Waals surface area (Å²) < 4.78 is 23.2. The van der Waals surface area contributed by atoms with Crippen LogP contribution in [0, 0.1) is 0 Å². The Hall–Kier alpha value is -1.66. The monoisotopic (exact) mass is 296 g/mol. The molecule has 6 heteroatoms. The van der Waals surface area contributed by atoms with Crippen molar-refractivity contribution in [1.29, 1.82) is 0 Å². The number of carbonyl (C=O) groups is 1. The Morgan fingerprint density at radius 1 is 1.35 bits per heavy atom. The summed E-state index contributed by atoms with van der Waals surface area (Å²) in [5.41, 5.74) is -0.386. The Bertz CT molecular complexity index is 616. The number of primary sulfonamides is 1. The van der Waals surface area contributed by atoms with E-state index in [4.69, 9.17) is 5.14 Å². The van der Waals surface area contributed by atoms with Crippen LogP contribution in [0.4, 0.5) is 0 Å². The molecule has 0 aliphatic heterocycles. The molecule has 20 heavy (non-hydrogen) atoms. The van der Waals surface area contributed by atoms with Crippen LogP contribution < -0.4 is 5.14 Å². The summed E-state index contributed by atoms with van der Waals surface area (Å²) in [6.07, 6.45) is 1.60. The van der Waals surface area contributed by atoms with Gasteiger partial charge >= 0.3 is 0 Å². The summed E-state index contributed by atoms with van der Waals surface area (Å²) in [7, 11) is -3.95. The van der Waals surface area contributed by atoms with E-state index in [0.717, 1.165) is 0 Å². The van der Waals surface area contributed by atoms with Gasteiger partial charge in [0.15, 0.2) is 0 Å². The number of sulfonamides is 1. The van der Waals surface area contributed by atoms with Gasteiger partial charge in [-0.3, -0.25) is 4.79 Å². The molecule has 0 saturated heterocycles. The van der Waals surface area contributed by atoms with Crippen molar-refractivity contribution in [1.82, 2.24) is 4.90 Å². The van der Waals surface area contributed by atoms with E-state index in [9.17, 15) is 13.2 Å². The van der Waals surface area contributed by atoms with E-state index in [1.165, 1.54) is 18.2 Å². The Morgan fingerprint density at radius 3 is 2.35 bits per heavy atom. The third kappa shape index (κ3) is 3.68. The second-order valence-electron chi connectivity index (χ2n) is 5.42. The van der Waals surface area contributed by atoms with Crippen LogP contribution in [0.1, 0.15) is 31.1 Å². The number of nitrogens with two attached hydrogens (primary N) is 1. The molecule has 1 aromatic carbocycles. The second kappa shape index (κ2) is 5.76. The van der Waals surface area contributed by atoms with E-state index < -0.39 is 15.6 Å². The van der Waals surface area contributed by atoms with Crippen LogP contribution in [0.2, 0.25) is 0 Å². The molecule has 0 saturated carbocycles. The van der Waals surface area contributed by atoms with Crippen LogP contribution in [0.3, 0.4) is 0 Å². The van der Waals surface area contributed by atoms with Gasteiger partial charge in [-0.1, -0.05) is 18.2 Å². The molecular formula is C14H20N2O3S. The molecule has 0 spiro atoms. The number of hydrogen-bond donors (Lipinski definition) is 1. The predicted molar refractivity (Wildman–Crippen MR) is 78.8 cm³/mol. The van der Waals surface area contributed by atoms with Gasteiger partial charge in [0, 0.05) is 12.1 Å². The highest BCUT2D eigenvalue weighted by Crippen LogP contribution is 2.21. The van der Waals surface area contributed by atoms with Crippen LogP contribution in [-0.4, -0.2) is 31.3 Å². The summed E-state index contributed by atoms with van der Waals surface area (Å²) in [5, 5.41) is 5.16. The zero-order valence-corrected chi connectivity index (χ0v) is 12.8. The highest BCUT2D eigenvalue weighted by molar-refractivity contribution is 7.89. The van der Waals surface area contributed by atoms with E-state index in [1.54, 1.807) is 17.0 Å². The molecule has 0 aliphatic carbocycles. The van der Waals surface area contributed by atoms with Crippen LogP contribution in [0.25, 0.3) is 0 Å². The zero-order valence-electron chi connectivity index (χ0n) is 12.0. The maximum atomic E-state index is 12.6. The summed E-state index contributed by atoms with van der Waals surface area (Å²) in [6.45, 7) is 9.55. The minimum atomic E-state index is -3.95. The van der Waals surface area contributed by atoms with E-state index in [0.29, 0.717) is 6.54 Å². The molecule has 1 rings (SSSR count). The minimum Gasteiger partial charge on any atom is -0.330 e. The highest BCUT2D eigenvalue weighted by Gasteiger charge is 2.29. The third-order valence-corrected chi connectivity index (χ3v) is 3.76. The average Bonchev–Trinajstić information content (AvgIpc) is 2.32. The molecule has 0 aliphatic rings. The standard InChI is InChI=1S/C14H20N2O3S/c1-5-10-16(14(2,3)4)13(17)11-8-6-7-9-12(11)20(15,18)19/h5-9H,1,10H2,2-4H3,(H2,15,18,19). The van der Waals surface area contributed by atoms with Crippen LogP contribution in [0.5, 0.6) is 0 Å². The maximum Gasteiger partial charge on any atom is 0.255 e. The van der Waals surface area contributed by atoms with Gasteiger partial charge in [0.1, 0.15) is 0 Å². The fourth-order valence-corrected chi connectivity index (χ4v) is 2.56. The van der Waals surface area contributed by atoms with Gasteiger partial charge in [0.2, 0.25) is 10.0 Å². The lowest BCUT2D eigenvalue weighted by atomic mass is 10.0. The molecule has 0 atom stereocenters. The molecule has 5 nitrogen and oxygen atoms in total. The number of amides is 1. The Morgan fingerprint density at radius 2 is 1.90 bits per heavy atom. The molecule has 0 heterocycles. The van der Waals surface area contributed by atoms with Gasteiger partial charge in [-0.25, -0.2) is 13.6 Å². The first-order valence-corrected chi connectivity index (χ1v) is 7.68. The molecule has 1 amide bonds. The third-order valence-electron chi connectivity index (χ3n) is 2.79. The molecule has 110 valence electrons. The van der Waals surface area contributed by atoms with Crippen molar-refractivity contribution >= 4 is 15.9 Å². The van der Waals surface area contributed by atoms with Crippen LogP contribution >= 0.6 is 0 Å². The lowest BCUT2D eigenvalue weighted by Gasteiger charge is -2.35. The minimum absolute atomic E-state index is 0.0757. The van der Waals surface area contributed by atoms with Gasteiger partial charge in [-0.15, -0.1) is 6.58 Å². The quantitative estimate of drug-likeness (QED) is 0.860. The number of benzene rings is 1. The van der Waals surface area contributed by atoms with Crippen LogP contribution in [0.15, 0.2) is 41.8 Å². The SMILES string of the molecule is C=CCN(C(=O)c1ccccc1S(N)(=O)=O)C(C)(C)C. The van der Waals surface area contributed by atoms with E-state index >= 15 is 0 Å². The maximum absolute atomic E-state index is 12.6. The molecule has 1 aromatic rings. The largest absolute Gasteiger partial charge is 0.330 e. The first kappa shape index (κ1) is 16.4. The molecule has 0 fully saturated rings. The normalized spacial score (nSPS) is 12.0. The van der Waals surface area contributed by atoms with E-state index in [2.05, 4.69) is 6.58 Å². The predicted octanol–water partition coefficient (Wildman–Crippen LogP) is 1.76. The van der Waals surface area contributed by atoms with Crippen molar-refractivity contribution in [3.8, 4) is 0 Å². The van der Waals surface area contributed by atoms with Gasteiger partial charge < -0.3 is 4.90 Å². The van der Waals surface area contributed by atoms with Crippen molar-refractivity contribution < 1.29 is 13.2 Å². The van der Waals surface area contributed by atoms with Gasteiger partial charge in [-0.05, 0) is 32.9 Å². The topological polar surface area (TPSA) is 80.5 Å². The Kier molecular flexibility index (Phi) is 4.73. The summed E-state index contributed by atoms with van der Waals surface area (Å²) >= 11 is 0. The van der Waals surface area contributed by atoms with Crippen molar-refractivity contribution in [3.63, 3.8) is 0 Å². The fourth-order valence-electron chi connectivity index (χ4n) is 1.83. The van der Waals surface area contributed by atoms with Gasteiger partial charge in [0.05, 0.1) is 10.5 Å². The number of hydrogen-bond acceptors (Lipinski definition) is 3. The lowest BCUT2D eigenvalue weighted by molar-refractivity contribution is 0.0612. The fraction of sp³-hybridized carbons (Fsp3) is 0.357. The van der Waals surface area contributed by atoms with Crippen molar-refractivity contribution in [2.45, 2.75) is 31.2 Å². The molecule has 0 radical (unpaired) electrons. The zero-order chi connectivity index (χ0) is 15.6. The van der Waals surface area contributed by atoms with Gasteiger partial charge in [-0.2, -0.15) is 0 Å². The first-order valence-electron chi connectivity index (χ1n) is 6.13. The Labute approximate surface area is 120 Å². The average molecular weight is 296 g/mol. The van der Waals surface area contributed by atoms with Crippen molar-refractivity contribution in [3.05, 3.63) is 42.5 Å². The summed E-state index contributed by atoms with van der Waals surface area (Å²) in [5.74, 6) is -0.387. The second-order valence-corrected chi connectivity index (χ2v) is 6.95. The molecule has 0 aromatic heterocycles. The smallest absolute Gasteiger partial charge is 0.255 e. The first-order chi connectivity index (χ1) is 9.09. The molecule has 2 N–H and O–H groups in total. The number of nitrogens with zero attached hydrogens (tertiary/aromatic N) is 1. The number of rotatable bonds is 4. The van der Waals surface area contributed by atoms with Crippen LogP contribution in [-0.2, 0) is 10.0 Å². The summed E-state index contributed by atoms with van der Waals surface area (Å²) in [4.78, 5) is 14.0. The molecular weight excluding hydrogens is 276 g/mol. The summed E-state index contributed by atoms with van der Waals surface area (Å²) in [6, 6.07) is 5.93. The number of carbonyl (C=O) groups excluding carboxylic acids is 1. The lowest BCUT2D eigenvalue weighted by Crippen LogP contribution is -2.46. The van der Waals surface area contributed by atoms with Crippen molar-refractivity contribution in [2.24, 2.45) is 5.14 Å². The molecule has 0 unspecified atom stereocenters.